The van der Waals surface area contributed by atoms with Gasteiger partial charge in [-0.2, -0.15) is 0 Å². The number of hydrogen-bond donors (Lipinski definition) is 0. The molecule has 2 rings (SSSR count). The van der Waals surface area contributed by atoms with Gasteiger partial charge in [-0.05, 0) is 42.8 Å². The minimum atomic E-state index is 0.119. The molecular formula is C16H15ClO2. The molecule has 0 atom stereocenters. The van der Waals surface area contributed by atoms with E-state index in [9.17, 15) is 4.79 Å². The maximum absolute atomic E-state index is 11.9. The summed E-state index contributed by atoms with van der Waals surface area (Å²) in [6, 6.07) is 16.6. The van der Waals surface area contributed by atoms with Crippen LogP contribution < -0.4 is 4.74 Å². The predicted molar refractivity (Wildman–Crippen MR) is 77.0 cm³/mol. The van der Waals surface area contributed by atoms with Crippen molar-refractivity contribution in [3.05, 3.63) is 65.2 Å². The number of carbonyl (C=O) groups is 1. The molecule has 2 aromatic rings. The SMILES string of the molecule is O=C(CCCOc1ccccc1)c1ccc(Cl)cc1. The summed E-state index contributed by atoms with van der Waals surface area (Å²) in [4.78, 5) is 11.9. The second kappa shape index (κ2) is 6.95. The predicted octanol–water partition coefficient (Wildman–Crippen LogP) is 4.38. The average molecular weight is 275 g/mol. The lowest BCUT2D eigenvalue weighted by atomic mass is 10.1. The Kier molecular flexibility index (Phi) is 4.99. The van der Waals surface area contributed by atoms with E-state index >= 15 is 0 Å². The molecule has 0 bridgehead atoms. The Labute approximate surface area is 118 Å². The third-order valence-corrected chi connectivity index (χ3v) is 2.98. The van der Waals surface area contributed by atoms with Crippen LogP contribution in [0.25, 0.3) is 0 Å². The van der Waals surface area contributed by atoms with Gasteiger partial charge in [-0.3, -0.25) is 4.79 Å². The zero-order valence-electron chi connectivity index (χ0n) is 10.5. The van der Waals surface area contributed by atoms with Crippen molar-refractivity contribution in [2.75, 3.05) is 6.61 Å². The van der Waals surface area contributed by atoms with Gasteiger partial charge < -0.3 is 4.74 Å². The molecule has 0 aliphatic rings. The quantitative estimate of drug-likeness (QED) is 0.577. The van der Waals surface area contributed by atoms with Gasteiger partial charge in [-0.25, -0.2) is 0 Å². The number of benzene rings is 2. The minimum Gasteiger partial charge on any atom is -0.494 e. The zero-order valence-corrected chi connectivity index (χ0v) is 11.3. The Morgan fingerprint density at radius 2 is 1.68 bits per heavy atom. The van der Waals surface area contributed by atoms with Gasteiger partial charge in [0.1, 0.15) is 5.75 Å². The number of rotatable bonds is 6. The molecule has 2 aromatic carbocycles. The molecule has 19 heavy (non-hydrogen) atoms. The van der Waals surface area contributed by atoms with Crippen LogP contribution in [0.3, 0.4) is 0 Å². The van der Waals surface area contributed by atoms with E-state index in [0.29, 0.717) is 30.0 Å². The number of ketones is 1. The van der Waals surface area contributed by atoms with Crippen LogP contribution >= 0.6 is 11.6 Å². The van der Waals surface area contributed by atoms with Crippen molar-refractivity contribution in [3.8, 4) is 5.75 Å². The Morgan fingerprint density at radius 1 is 1.00 bits per heavy atom. The summed E-state index contributed by atoms with van der Waals surface area (Å²) < 4.78 is 5.54. The number of ether oxygens (including phenoxy) is 1. The molecule has 98 valence electrons. The van der Waals surface area contributed by atoms with Crippen LogP contribution in [0, 0.1) is 0 Å². The van der Waals surface area contributed by atoms with Gasteiger partial charge >= 0.3 is 0 Å². The Morgan fingerprint density at radius 3 is 2.37 bits per heavy atom. The van der Waals surface area contributed by atoms with Crippen molar-refractivity contribution in [2.24, 2.45) is 0 Å². The lowest BCUT2D eigenvalue weighted by molar-refractivity contribution is 0.0973. The summed E-state index contributed by atoms with van der Waals surface area (Å²) in [7, 11) is 0. The van der Waals surface area contributed by atoms with E-state index in [1.807, 2.05) is 30.3 Å². The van der Waals surface area contributed by atoms with Gasteiger partial charge in [0.15, 0.2) is 5.78 Å². The van der Waals surface area contributed by atoms with E-state index in [1.165, 1.54) is 0 Å². The molecule has 0 unspecified atom stereocenters. The second-order valence-corrected chi connectivity index (χ2v) is 4.63. The summed E-state index contributed by atoms with van der Waals surface area (Å²) in [5.41, 5.74) is 0.698. The molecule has 0 N–H and O–H groups in total. The van der Waals surface area contributed by atoms with Gasteiger partial charge in [0.25, 0.3) is 0 Å². The van der Waals surface area contributed by atoms with Crippen LogP contribution in [0.2, 0.25) is 5.02 Å². The van der Waals surface area contributed by atoms with E-state index in [-0.39, 0.29) is 5.78 Å². The van der Waals surface area contributed by atoms with E-state index in [1.54, 1.807) is 24.3 Å². The molecule has 0 aliphatic carbocycles. The van der Waals surface area contributed by atoms with E-state index in [4.69, 9.17) is 16.3 Å². The summed E-state index contributed by atoms with van der Waals surface area (Å²) >= 11 is 5.78. The van der Waals surface area contributed by atoms with Gasteiger partial charge in [0.2, 0.25) is 0 Å². The fourth-order valence-electron chi connectivity index (χ4n) is 1.72. The average Bonchev–Trinajstić information content (AvgIpc) is 2.45. The highest BCUT2D eigenvalue weighted by Crippen LogP contribution is 2.13. The highest BCUT2D eigenvalue weighted by molar-refractivity contribution is 6.30. The monoisotopic (exact) mass is 274 g/mol. The van der Waals surface area contributed by atoms with E-state index in [2.05, 4.69) is 0 Å². The summed E-state index contributed by atoms with van der Waals surface area (Å²) in [5, 5.41) is 0.643. The van der Waals surface area contributed by atoms with Crippen molar-refractivity contribution in [2.45, 2.75) is 12.8 Å². The fraction of sp³-hybridized carbons (Fsp3) is 0.188. The first-order chi connectivity index (χ1) is 9.25. The third kappa shape index (κ3) is 4.42. The number of halogens is 1. The van der Waals surface area contributed by atoms with Crippen molar-refractivity contribution in [3.63, 3.8) is 0 Å². The first kappa shape index (κ1) is 13.6. The fourth-order valence-corrected chi connectivity index (χ4v) is 1.85. The molecular weight excluding hydrogens is 260 g/mol. The van der Waals surface area contributed by atoms with Crippen LogP contribution in [0.5, 0.6) is 5.75 Å². The summed E-state index contributed by atoms with van der Waals surface area (Å²) in [6.07, 6.45) is 1.19. The van der Waals surface area contributed by atoms with E-state index < -0.39 is 0 Å². The van der Waals surface area contributed by atoms with Crippen LogP contribution in [0.15, 0.2) is 54.6 Å². The Hall–Kier alpha value is -1.80. The molecule has 0 aliphatic heterocycles. The molecule has 0 radical (unpaired) electrons. The summed E-state index contributed by atoms with van der Waals surface area (Å²) in [6.45, 7) is 0.545. The largest absolute Gasteiger partial charge is 0.494 e. The smallest absolute Gasteiger partial charge is 0.163 e. The van der Waals surface area contributed by atoms with Crippen LogP contribution in [0.1, 0.15) is 23.2 Å². The molecule has 2 nitrogen and oxygen atoms in total. The lowest BCUT2D eigenvalue weighted by Gasteiger charge is -2.05. The Balaban J connectivity index is 1.74. The van der Waals surface area contributed by atoms with Crippen molar-refractivity contribution in [1.29, 1.82) is 0 Å². The summed E-state index contributed by atoms with van der Waals surface area (Å²) in [5.74, 6) is 0.953. The second-order valence-electron chi connectivity index (χ2n) is 4.20. The molecule has 0 heterocycles. The van der Waals surface area contributed by atoms with E-state index in [0.717, 1.165) is 5.75 Å². The van der Waals surface area contributed by atoms with Crippen molar-refractivity contribution >= 4 is 17.4 Å². The van der Waals surface area contributed by atoms with Gasteiger partial charge in [-0.15, -0.1) is 0 Å². The normalized spacial score (nSPS) is 10.2. The maximum Gasteiger partial charge on any atom is 0.163 e. The topological polar surface area (TPSA) is 26.3 Å². The van der Waals surface area contributed by atoms with Crippen LogP contribution in [-0.2, 0) is 0 Å². The molecule has 0 fully saturated rings. The maximum atomic E-state index is 11.9. The number of para-hydroxylation sites is 1. The highest BCUT2D eigenvalue weighted by Gasteiger charge is 2.05. The van der Waals surface area contributed by atoms with Crippen molar-refractivity contribution < 1.29 is 9.53 Å². The first-order valence-corrected chi connectivity index (χ1v) is 6.60. The number of hydrogen-bond acceptors (Lipinski definition) is 2. The van der Waals surface area contributed by atoms with Crippen molar-refractivity contribution in [1.82, 2.24) is 0 Å². The number of Topliss-reactive ketones (excluding diaryl/α,β-unsaturated/α-hetero) is 1. The molecule has 0 spiro atoms. The zero-order chi connectivity index (χ0) is 13.5. The Bertz CT molecular complexity index is 520. The molecule has 0 amide bonds. The molecule has 3 heteroatoms. The number of carbonyl (C=O) groups excluding carboxylic acids is 1. The highest BCUT2D eigenvalue weighted by atomic mass is 35.5. The van der Waals surface area contributed by atoms with Gasteiger partial charge in [-0.1, -0.05) is 29.8 Å². The van der Waals surface area contributed by atoms with Gasteiger partial charge in [0, 0.05) is 17.0 Å². The molecule has 0 saturated heterocycles. The third-order valence-electron chi connectivity index (χ3n) is 2.73. The van der Waals surface area contributed by atoms with Gasteiger partial charge in [0.05, 0.1) is 6.61 Å². The van der Waals surface area contributed by atoms with Crippen LogP contribution in [0.4, 0.5) is 0 Å². The standard InChI is InChI=1S/C16H15ClO2/c17-14-10-8-13(9-11-14)16(18)7-4-12-19-15-5-2-1-3-6-15/h1-3,5-6,8-11H,4,7,12H2. The molecule has 0 aromatic heterocycles. The van der Waals surface area contributed by atoms with Crippen LogP contribution in [-0.4, -0.2) is 12.4 Å². The lowest BCUT2D eigenvalue weighted by Crippen LogP contribution is -2.03. The minimum absolute atomic E-state index is 0.119. The first-order valence-electron chi connectivity index (χ1n) is 6.22. The molecule has 0 saturated carbocycles.